The summed E-state index contributed by atoms with van der Waals surface area (Å²) in [7, 11) is 0. The lowest BCUT2D eigenvalue weighted by atomic mass is 9.68. The Balaban J connectivity index is 1.09. The lowest BCUT2D eigenvalue weighted by Gasteiger charge is -2.43. The number of thioether (sulfide) groups is 1. The van der Waals surface area contributed by atoms with Crippen LogP contribution in [0.2, 0.25) is 0 Å². The maximum atomic E-state index is 14.2. The number of hydrogen-bond acceptors (Lipinski definition) is 6. The molecule has 2 aliphatic heterocycles. The van der Waals surface area contributed by atoms with Gasteiger partial charge in [-0.2, -0.15) is 0 Å². The molecule has 5 aromatic rings. The summed E-state index contributed by atoms with van der Waals surface area (Å²) in [6, 6.07) is 30.2. The van der Waals surface area contributed by atoms with E-state index >= 15 is 0 Å². The molecule has 2 bridgehead atoms. The first kappa shape index (κ1) is 32.4. The minimum absolute atomic E-state index is 0.00118. The number of nitrogens with one attached hydrogen (secondary N) is 1. The highest BCUT2D eigenvalue weighted by molar-refractivity contribution is 8.00. The smallest absolute Gasteiger partial charge is 0.308 e. The van der Waals surface area contributed by atoms with Gasteiger partial charge in [-0.3, -0.25) is 28.6 Å². The van der Waals surface area contributed by atoms with Crippen molar-refractivity contribution in [1.82, 2.24) is 4.57 Å². The van der Waals surface area contributed by atoms with Gasteiger partial charge in [0.15, 0.2) is 0 Å². The maximum absolute atomic E-state index is 14.2. The van der Waals surface area contributed by atoms with Crippen LogP contribution in [0.5, 0.6) is 0 Å². The highest BCUT2D eigenvalue weighted by Gasteiger charge is 2.69. The second kappa shape index (κ2) is 11.8. The van der Waals surface area contributed by atoms with E-state index in [1.807, 2.05) is 73.7 Å². The van der Waals surface area contributed by atoms with Crippen molar-refractivity contribution in [3.8, 4) is 0 Å². The zero-order chi connectivity index (χ0) is 35.3. The molecule has 3 fully saturated rings. The van der Waals surface area contributed by atoms with Crippen molar-refractivity contribution in [3.05, 3.63) is 122 Å². The van der Waals surface area contributed by atoms with Gasteiger partial charge in [-0.05, 0) is 82.7 Å². The molecule has 2 saturated carbocycles. The van der Waals surface area contributed by atoms with Crippen molar-refractivity contribution in [2.75, 3.05) is 10.2 Å². The first-order chi connectivity index (χ1) is 24.5. The number of rotatable bonds is 5. The average Bonchev–Trinajstić information content (AvgIpc) is 3.83. The summed E-state index contributed by atoms with van der Waals surface area (Å²) in [4.78, 5) is 57.9. The van der Waals surface area contributed by atoms with Gasteiger partial charge in [0.2, 0.25) is 17.7 Å². The third-order valence-corrected chi connectivity index (χ3v) is 14.5. The van der Waals surface area contributed by atoms with Gasteiger partial charge in [0.25, 0.3) is 0 Å². The minimum atomic E-state index is -0.377. The van der Waals surface area contributed by atoms with E-state index in [-0.39, 0.29) is 75.3 Å². The Bertz CT molecular complexity index is 2300. The molecule has 9 heteroatoms. The van der Waals surface area contributed by atoms with Gasteiger partial charge < -0.3 is 5.32 Å². The molecule has 3 heterocycles. The molecule has 7 atom stereocenters. The standard InChI is InChI=1S/C42H39N3O4S2/c1-22-9-17-28(18-10-22)45-38(47)34-29-20-30(35(34)39(45)48)36-33(29)32(24-11-14-26(15-12-24)42(2,3)4)37-40(50-36)44(41(49)51-37)21-31(46)43-27-16-13-23-7-5-6-8-25(23)19-27/h5-19,29-30,32-36H,20-21H2,1-4H3,(H,43,46). The van der Waals surface area contributed by atoms with E-state index in [4.69, 9.17) is 0 Å². The molecule has 1 saturated heterocycles. The van der Waals surface area contributed by atoms with Crippen LogP contribution in [0.1, 0.15) is 54.7 Å². The van der Waals surface area contributed by atoms with Crippen LogP contribution in [0.15, 0.2) is 101 Å². The van der Waals surface area contributed by atoms with Crippen LogP contribution in [-0.4, -0.2) is 27.5 Å². The van der Waals surface area contributed by atoms with Gasteiger partial charge in [0.05, 0.1) is 22.5 Å². The number of benzene rings is 4. The summed E-state index contributed by atoms with van der Waals surface area (Å²) in [5, 5.41) is 5.99. The molecule has 7 nitrogen and oxygen atoms in total. The fourth-order valence-electron chi connectivity index (χ4n) is 9.38. The number of imide groups is 1. The normalized spacial score (nSPS) is 26.4. The second-order valence-electron chi connectivity index (χ2n) is 15.7. The molecule has 0 radical (unpaired) electrons. The number of fused-ring (bicyclic) bond motifs is 10. The van der Waals surface area contributed by atoms with Gasteiger partial charge in [-0.15, -0.1) is 11.8 Å². The third-order valence-electron chi connectivity index (χ3n) is 11.7. The van der Waals surface area contributed by atoms with Crippen LogP contribution in [0.25, 0.3) is 10.8 Å². The third kappa shape index (κ3) is 5.14. The maximum Gasteiger partial charge on any atom is 0.308 e. The number of carbonyl (C=O) groups excluding carboxylic acids is 3. The van der Waals surface area contributed by atoms with Crippen LogP contribution in [0.3, 0.4) is 0 Å². The highest BCUT2D eigenvalue weighted by Crippen LogP contribution is 2.69. The first-order valence-corrected chi connectivity index (χ1v) is 19.4. The Kier molecular flexibility index (Phi) is 7.50. The van der Waals surface area contributed by atoms with Crippen molar-refractivity contribution in [2.45, 2.75) is 62.3 Å². The van der Waals surface area contributed by atoms with Crippen molar-refractivity contribution >= 4 is 63.0 Å². The van der Waals surface area contributed by atoms with E-state index in [0.29, 0.717) is 11.4 Å². The van der Waals surface area contributed by atoms with Gasteiger partial charge in [0.1, 0.15) is 6.54 Å². The lowest BCUT2D eigenvalue weighted by molar-refractivity contribution is -0.123. The minimum Gasteiger partial charge on any atom is -0.325 e. The number of carbonyl (C=O) groups is 3. The molecule has 0 spiro atoms. The van der Waals surface area contributed by atoms with Gasteiger partial charge in [0, 0.05) is 21.7 Å². The van der Waals surface area contributed by atoms with Crippen molar-refractivity contribution in [2.24, 2.45) is 29.6 Å². The fourth-order valence-corrected chi connectivity index (χ4v) is 12.5. The van der Waals surface area contributed by atoms with Crippen LogP contribution < -0.4 is 15.1 Å². The zero-order valence-corrected chi connectivity index (χ0v) is 30.6. The molecular formula is C42H39N3O4S2. The average molecular weight is 714 g/mol. The predicted molar refractivity (Wildman–Crippen MR) is 204 cm³/mol. The Morgan fingerprint density at radius 2 is 1.53 bits per heavy atom. The molecule has 7 unspecified atom stereocenters. The number of aromatic nitrogens is 1. The fraction of sp³-hybridized carbons (Fsp3) is 0.333. The van der Waals surface area contributed by atoms with E-state index in [9.17, 15) is 19.2 Å². The zero-order valence-electron chi connectivity index (χ0n) is 29.0. The molecule has 51 heavy (non-hydrogen) atoms. The quantitative estimate of drug-likeness (QED) is 0.187. The summed E-state index contributed by atoms with van der Waals surface area (Å²) in [6.45, 7) is 8.48. The molecule has 4 aliphatic rings. The van der Waals surface area contributed by atoms with Crippen LogP contribution in [-0.2, 0) is 26.3 Å². The molecule has 3 amide bonds. The van der Waals surface area contributed by atoms with Gasteiger partial charge in [-0.1, -0.05) is 104 Å². The summed E-state index contributed by atoms with van der Waals surface area (Å²) < 4.78 is 1.64. The lowest BCUT2D eigenvalue weighted by Crippen LogP contribution is -2.43. The van der Waals surface area contributed by atoms with E-state index in [1.54, 1.807) is 16.3 Å². The van der Waals surface area contributed by atoms with Crippen LogP contribution in [0.4, 0.5) is 11.4 Å². The monoisotopic (exact) mass is 713 g/mol. The molecule has 1 N–H and O–H groups in total. The first-order valence-electron chi connectivity index (χ1n) is 17.7. The van der Waals surface area contributed by atoms with Crippen molar-refractivity contribution in [1.29, 1.82) is 0 Å². The SMILES string of the molecule is Cc1ccc(N2C(=O)C3C4CC(C3C2=O)C2C(c3ccc(C(C)(C)C)cc3)c3sc(=O)n(CC(=O)Nc5ccc6ccccc6c5)c3SC42)cc1. The Hall–Kier alpha value is -4.47. The number of hydrogen-bond donors (Lipinski definition) is 1. The summed E-state index contributed by atoms with van der Waals surface area (Å²) >= 11 is 2.88. The number of nitrogens with zero attached hydrogens (tertiary/aromatic N) is 2. The summed E-state index contributed by atoms with van der Waals surface area (Å²) in [5.41, 5.74) is 4.72. The Morgan fingerprint density at radius 1 is 0.843 bits per heavy atom. The second-order valence-corrected chi connectivity index (χ2v) is 17.9. The molecule has 9 rings (SSSR count). The Labute approximate surface area is 305 Å². The number of thiazole rings is 1. The largest absolute Gasteiger partial charge is 0.325 e. The summed E-state index contributed by atoms with van der Waals surface area (Å²) in [6.07, 6.45) is 0.815. The van der Waals surface area contributed by atoms with E-state index in [0.717, 1.165) is 38.2 Å². The van der Waals surface area contributed by atoms with Crippen molar-refractivity contribution < 1.29 is 14.4 Å². The Morgan fingerprint density at radius 3 is 2.24 bits per heavy atom. The highest BCUT2D eigenvalue weighted by atomic mass is 32.2. The van der Waals surface area contributed by atoms with Gasteiger partial charge >= 0.3 is 4.87 Å². The van der Waals surface area contributed by atoms with Crippen LogP contribution >= 0.6 is 23.1 Å². The number of aryl methyl sites for hydroxylation is 1. The molecule has 258 valence electrons. The molecular weight excluding hydrogens is 675 g/mol. The molecule has 1 aromatic heterocycles. The predicted octanol–water partition coefficient (Wildman–Crippen LogP) is 7.99. The topological polar surface area (TPSA) is 88.5 Å². The van der Waals surface area contributed by atoms with E-state index < -0.39 is 0 Å². The van der Waals surface area contributed by atoms with E-state index in [2.05, 4.69) is 50.4 Å². The van der Waals surface area contributed by atoms with E-state index in [1.165, 1.54) is 21.8 Å². The van der Waals surface area contributed by atoms with Crippen LogP contribution in [0, 0.1) is 36.5 Å². The summed E-state index contributed by atoms with van der Waals surface area (Å²) in [5.74, 6) is -1.21. The number of amides is 3. The van der Waals surface area contributed by atoms with Gasteiger partial charge in [-0.25, -0.2) is 0 Å². The number of anilines is 2. The molecule has 2 aliphatic carbocycles. The molecule has 4 aromatic carbocycles. The van der Waals surface area contributed by atoms with Crippen molar-refractivity contribution in [3.63, 3.8) is 0 Å².